The molecule has 0 aromatic heterocycles. The van der Waals surface area contributed by atoms with Crippen LogP contribution in [-0.4, -0.2) is 44.2 Å². The molecule has 2 N–H and O–H groups in total. The zero-order chi connectivity index (χ0) is 11.8. The van der Waals surface area contributed by atoms with Gasteiger partial charge in [-0.2, -0.15) is 0 Å². The summed E-state index contributed by atoms with van der Waals surface area (Å²) in [6.45, 7) is 5.52. The number of amides is 1. The molecule has 0 radical (unpaired) electrons. The van der Waals surface area contributed by atoms with Crippen LogP contribution in [0.25, 0.3) is 0 Å². The van der Waals surface area contributed by atoms with Crippen molar-refractivity contribution in [1.82, 2.24) is 4.90 Å². The molecule has 0 heterocycles. The van der Waals surface area contributed by atoms with Crippen LogP contribution in [0.4, 0.5) is 0 Å². The average Bonchev–Trinajstić information content (AvgIpc) is 2.15. The molecular formula is C11H24N2O2. The fourth-order valence-electron chi connectivity index (χ4n) is 1.45. The molecule has 1 amide bonds. The van der Waals surface area contributed by atoms with Gasteiger partial charge in [0.25, 0.3) is 0 Å². The molecule has 90 valence electrons. The molecule has 0 rings (SSSR count). The van der Waals surface area contributed by atoms with Gasteiger partial charge in [0.2, 0.25) is 5.91 Å². The van der Waals surface area contributed by atoms with Gasteiger partial charge in [0.05, 0.1) is 6.04 Å². The molecule has 0 bridgehead atoms. The summed E-state index contributed by atoms with van der Waals surface area (Å²) in [5.41, 5.74) is 5.80. The van der Waals surface area contributed by atoms with Crippen molar-refractivity contribution in [2.45, 2.75) is 32.7 Å². The van der Waals surface area contributed by atoms with E-state index >= 15 is 0 Å². The molecule has 0 aromatic rings. The topological polar surface area (TPSA) is 55.6 Å². The first-order chi connectivity index (χ1) is 6.99. The van der Waals surface area contributed by atoms with Gasteiger partial charge in [-0.3, -0.25) is 4.79 Å². The number of methoxy groups -OCH3 is 1. The third kappa shape index (κ3) is 6.47. The van der Waals surface area contributed by atoms with E-state index in [0.717, 1.165) is 12.8 Å². The molecule has 0 saturated heterocycles. The van der Waals surface area contributed by atoms with E-state index in [1.807, 2.05) is 0 Å². The number of hydrogen-bond donors (Lipinski definition) is 1. The van der Waals surface area contributed by atoms with E-state index in [1.165, 1.54) is 0 Å². The van der Waals surface area contributed by atoms with Crippen LogP contribution in [0, 0.1) is 5.92 Å². The first-order valence-corrected chi connectivity index (χ1v) is 5.48. The second-order valence-corrected chi connectivity index (χ2v) is 4.34. The Morgan fingerprint density at radius 2 is 2.07 bits per heavy atom. The predicted molar refractivity (Wildman–Crippen MR) is 61.6 cm³/mol. The van der Waals surface area contributed by atoms with E-state index in [-0.39, 0.29) is 11.9 Å². The number of ether oxygens (including phenoxy) is 1. The minimum atomic E-state index is -0.363. The monoisotopic (exact) mass is 216 g/mol. The number of likely N-dealkylation sites (N-methyl/N-ethyl adjacent to an activating group) is 1. The lowest BCUT2D eigenvalue weighted by atomic mass is 10.0. The summed E-state index contributed by atoms with van der Waals surface area (Å²) in [5.74, 6) is 0.483. The molecule has 0 aliphatic carbocycles. The third-order valence-electron chi connectivity index (χ3n) is 2.26. The molecule has 0 unspecified atom stereocenters. The Kier molecular flexibility index (Phi) is 7.34. The lowest BCUT2D eigenvalue weighted by molar-refractivity contribution is -0.131. The quantitative estimate of drug-likeness (QED) is 0.642. The molecule has 4 heteroatoms. The van der Waals surface area contributed by atoms with Crippen LogP contribution >= 0.6 is 0 Å². The van der Waals surface area contributed by atoms with Crippen molar-refractivity contribution >= 4 is 5.91 Å². The maximum Gasteiger partial charge on any atom is 0.239 e. The summed E-state index contributed by atoms with van der Waals surface area (Å²) < 4.78 is 4.93. The van der Waals surface area contributed by atoms with Crippen LogP contribution in [0.3, 0.4) is 0 Å². The Hall–Kier alpha value is -0.610. The first kappa shape index (κ1) is 14.4. The second kappa shape index (κ2) is 7.65. The van der Waals surface area contributed by atoms with Crippen molar-refractivity contribution in [2.75, 3.05) is 27.3 Å². The molecule has 0 spiro atoms. The van der Waals surface area contributed by atoms with Crippen LogP contribution < -0.4 is 5.73 Å². The summed E-state index contributed by atoms with van der Waals surface area (Å²) in [4.78, 5) is 13.4. The first-order valence-electron chi connectivity index (χ1n) is 5.48. The smallest absolute Gasteiger partial charge is 0.239 e. The minimum Gasteiger partial charge on any atom is -0.385 e. The van der Waals surface area contributed by atoms with Gasteiger partial charge in [-0.05, 0) is 18.8 Å². The largest absolute Gasteiger partial charge is 0.385 e. The maximum atomic E-state index is 11.7. The van der Waals surface area contributed by atoms with Crippen molar-refractivity contribution in [1.29, 1.82) is 0 Å². The molecule has 4 nitrogen and oxygen atoms in total. The van der Waals surface area contributed by atoms with E-state index in [1.54, 1.807) is 19.1 Å². The van der Waals surface area contributed by atoms with Crippen LogP contribution in [-0.2, 0) is 9.53 Å². The van der Waals surface area contributed by atoms with Gasteiger partial charge in [0.15, 0.2) is 0 Å². The number of carbonyl (C=O) groups is 1. The molecule has 0 aliphatic heterocycles. The maximum absolute atomic E-state index is 11.7. The highest BCUT2D eigenvalue weighted by Gasteiger charge is 2.18. The fraction of sp³-hybridized carbons (Fsp3) is 0.909. The number of nitrogens with zero attached hydrogens (tertiary/aromatic N) is 1. The Morgan fingerprint density at radius 3 is 2.53 bits per heavy atom. The number of hydrogen-bond acceptors (Lipinski definition) is 3. The SMILES string of the molecule is COCCCN(C)C(=O)[C@H](N)CC(C)C. The van der Waals surface area contributed by atoms with Crippen molar-refractivity contribution in [2.24, 2.45) is 11.7 Å². The fourth-order valence-corrected chi connectivity index (χ4v) is 1.45. The molecule has 0 aliphatic rings. The second-order valence-electron chi connectivity index (χ2n) is 4.34. The van der Waals surface area contributed by atoms with Gasteiger partial charge in [-0.1, -0.05) is 13.8 Å². The van der Waals surface area contributed by atoms with Gasteiger partial charge in [-0.15, -0.1) is 0 Å². The summed E-state index contributed by atoms with van der Waals surface area (Å²) in [5, 5.41) is 0. The van der Waals surface area contributed by atoms with Crippen LogP contribution in [0.1, 0.15) is 26.7 Å². The molecule has 0 aromatic carbocycles. The van der Waals surface area contributed by atoms with Gasteiger partial charge in [0.1, 0.15) is 0 Å². The van der Waals surface area contributed by atoms with Crippen LogP contribution in [0.15, 0.2) is 0 Å². The number of rotatable bonds is 7. The molecular weight excluding hydrogens is 192 g/mol. The zero-order valence-electron chi connectivity index (χ0n) is 10.3. The normalized spacial score (nSPS) is 12.9. The summed E-state index contributed by atoms with van der Waals surface area (Å²) >= 11 is 0. The predicted octanol–water partition coefficient (Wildman–Crippen LogP) is 0.855. The Morgan fingerprint density at radius 1 is 1.47 bits per heavy atom. The van der Waals surface area contributed by atoms with Gasteiger partial charge < -0.3 is 15.4 Å². The highest BCUT2D eigenvalue weighted by atomic mass is 16.5. The lowest BCUT2D eigenvalue weighted by Crippen LogP contribution is -2.43. The molecule has 1 atom stereocenters. The Bertz CT molecular complexity index is 183. The van der Waals surface area contributed by atoms with E-state index in [0.29, 0.717) is 19.1 Å². The zero-order valence-corrected chi connectivity index (χ0v) is 10.3. The number of nitrogens with two attached hydrogens (primary N) is 1. The minimum absolute atomic E-state index is 0.0276. The van der Waals surface area contributed by atoms with Crippen molar-refractivity contribution in [3.8, 4) is 0 Å². The molecule has 15 heavy (non-hydrogen) atoms. The summed E-state index contributed by atoms with van der Waals surface area (Å²) in [6.07, 6.45) is 1.60. The van der Waals surface area contributed by atoms with Crippen LogP contribution in [0.5, 0.6) is 0 Å². The van der Waals surface area contributed by atoms with Gasteiger partial charge in [0, 0.05) is 27.3 Å². The number of carbonyl (C=O) groups excluding carboxylic acids is 1. The van der Waals surface area contributed by atoms with Crippen LogP contribution in [0.2, 0.25) is 0 Å². The van der Waals surface area contributed by atoms with Crippen molar-refractivity contribution in [3.05, 3.63) is 0 Å². The van der Waals surface area contributed by atoms with E-state index < -0.39 is 0 Å². The van der Waals surface area contributed by atoms with E-state index in [9.17, 15) is 4.79 Å². The van der Waals surface area contributed by atoms with Gasteiger partial charge >= 0.3 is 0 Å². The Balaban J connectivity index is 3.85. The van der Waals surface area contributed by atoms with Crippen molar-refractivity contribution in [3.63, 3.8) is 0 Å². The van der Waals surface area contributed by atoms with Gasteiger partial charge in [-0.25, -0.2) is 0 Å². The summed E-state index contributed by atoms with van der Waals surface area (Å²) in [6, 6.07) is -0.363. The highest BCUT2D eigenvalue weighted by Crippen LogP contribution is 2.05. The average molecular weight is 216 g/mol. The van der Waals surface area contributed by atoms with E-state index in [4.69, 9.17) is 10.5 Å². The molecule has 0 saturated carbocycles. The van der Waals surface area contributed by atoms with E-state index in [2.05, 4.69) is 13.8 Å². The Labute approximate surface area is 92.8 Å². The highest BCUT2D eigenvalue weighted by molar-refractivity contribution is 5.81. The van der Waals surface area contributed by atoms with Crippen molar-refractivity contribution < 1.29 is 9.53 Å². The molecule has 0 fully saturated rings. The third-order valence-corrected chi connectivity index (χ3v) is 2.26. The standard InChI is InChI=1S/C11H24N2O2/c1-9(2)8-10(12)11(14)13(3)6-5-7-15-4/h9-10H,5-8,12H2,1-4H3/t10-/m1/s1. The lowest BCUT2D eigenvalue weighted by Gasteiger charge is -2.22. The summed E-state index contributed by atoms with van der Waals surface area (Å²) in [7, 11) is 3.45.